The standard InChI is InChI=1S/C17H30N2/c1-5-13-18-17(16-11-9-8-10-12-16)14-19(7-3)15(4)6-2/h8-12,15,17-18H,5-7,13-14H2,1-4H3. The Morgan fingerprint density at radius 2 is 1.79 bits per heavy atom. The first-order valence-corrected chi connectivity index (χ1v) is 7.75. The second-order valence-corrected chi connectivity index (χ2v) is 5.26. The van der Waals surface area contributed by atoms with Gasteiger partial charge in [0, 0.05) is 18.6 Å². The SMILES string of the molecule is CCCNC(CN(CC)C(C)CC)c1ccccc1. The normalized spacial score (nSPS) is 14.6. The van der Waals surface area contributed by atoms with E-state index in [2.05, 4.69) is 68.2 Å². The fourth-order valence-electron chi connectivity index (χ4n) is 2.41. The van der Waals surface area contributed by atoms with Gasteiger partial charge < -0.3 is 5.32 Å². The van der Waals surface area contributed by atoms with Gasteiger partial charge in [-0.05, 0) is 38.4 Å². The molecule has 0 bridgehead atoms. The molecule has 0 aliphatic carbocycles. The summed E-state index contributed by atoms with van der Waals surface area (Å²) >= 11 is 0. The van der Waals surface area contributed by atoms with E-state index in [0.717, 1.165) is 19.6 Å². The van der Waals surface area contributed by atoms with E-state index < -0.39 is 0 Å². The second-order valence-electron chi connectivity index (χ2n) is 5.26. The Morgan fingerprint density at radius 1 is 1.11 bits per heavy atom. The summed E-state index contributed by atoms with van der Waals surface area (Å²) in [5.41, 5.74) is 1.40. The van der Waals surface area contributed by atoms with Crippen molar-refractivity contribution in [2.75, 3.05) is 19.6 Å². The topological polar surface area (TPSA) is 15.3 Å². The summed E-state index contributed by atoms with van der Waals surface area (Å²) in [6, 6.07) is 11.9. The van der Waals surface area contributed by atoms with Crippen LogP contribution in [0.25, 0.3) is 0 Å². The number of likely N-dealkylation sites (N-methyl/N-ethyl adjacent to an activating group) is 1. The van der Waals surface area contributed by atoms with Crippen LogP contribution in [0.2, 0.25) is 0 Å². The van der Waals surface area contributed by atoms with Crippen LogP contribution < -0.4 is 5.32 Å². The Kier molecular flexibility index (Phi) is 7.76. The molecule has 1 aromatic carbocycles. The van der Waals surface area contributed by atoms with Crippen molar-refractivity contribution >= 4 is 0 Å². The molecule has 2 unspecified atom stereocenters. The fraction of sp³-hybridized carbons (Fsp3) is 0.647. The van der Waals surface area contributed by atoms with Crippen molar-refractivity contribution in [3.63, 3.8) is 0 Å². The first-order chi connectivity index (χ1) is 9.22. The summed E-state index contributed by atoms with van der Waals surface area (Å²) < 4.78 is 0. The first kappa shape index (κ1) is 16.2. The van der Waals surface area contributed by atoms with Crippen molar-refractivity contribution in [2.24, 2.45) is 0 Å². The molecule has 0 spiro atoms. The van der Waals surface area contributed by atoms with E-state index >= 15 is 0 Å². The highest BCUT2D eigenvalue weighted by Gasteiger charge is 2.17. The summed E-state index contributed by atoms with van der Waals surface area (Å²) in [5.74, 6) is 0. The van der Waals surface area contributed by atoms with Gasteiger partial charge >= 0.3 is 0 Å². The van der Waals surface area contributed by atoms with Crippen LogP contribution in [0.15, 0.2) is 30.3 Å². The Labute approximate surface area is 119 Å². The van der Waals surface area contributed by atoms with E-state index in [1.54, 1.807) is 0 Å². The molecule has 0 saturated heterocycles. The molecule has 1 aromatic rings. The Hall–Kier alpha value is -0.860. The van der Waals surface area contributed by atoms with E-state index in [4.69, 9.17) is 0 Å². The largest absolute Gasteiger partial charge is 0.309 e. The molecule has 108 valence electrons. The van der Waals surface area contributed by atoms with E-state index in [-0.39, 0.29) is 0 Å². The number of rotatable bonds is 9. The summed E-state index contributed by atoms with van der Waals surface area (Å²) in [7, 11) is 0. The number of benzene rings is 1. The average Bonchev–Trinajstić information content (AvgIpc) is 2.47. The van der Waals surface area contributed by atoms with Gasteiger partial charge in [0.15, 0.2) is 0 Å². The van der Waals surface area contributed by atoms with Crippen LogP contribution in [0.5, 0.6) is 0 Å². The smallest absolute Gasteiger partial charge is 0.0449 e. The lowest BCUT2D eigenvalue weighted by Crippen LogP contribution is -2.40. The van der Waals surface area contributed by atoms with E-state index in [1.807, 2.05) is 0 Å². The monoisotopic (exact) mass is 262 g/mol. The zero-order valence-electron chi connectivity index (χ0n) is 13.0. The maximum atomic E-state index is 3.69. The van der Waals surface area contributed by atoms with Crippen molar-refractivity contribution in [3.05, 3.63) is 35.9 Å². The zero-order valence-corrected chi connectivity index (χ0v) is 13.0. The summed E-state index contributed by atoms with van der Waals surface area (Å²) in [6.45, 7) is 12.4. The molecule has 1 N–H and O–H groups in total. The molecular formula is C17H30N2. The van der Waals surface area contributed by atoms with Crippen LogP contribution in [0.1, 0.15) is 52.1 Å². The maximum absolute atomic E-state index is 3.69. The van der Waals surface area contributed by atoms with Crippen molar-refractivity contribution in [1.82, 2.24) is 10.2 Å². The molecule has 0 amide bonds. The third kappa shape index (κ3) is 5.33. The highest BCUT2D eigenvalue weighted by molar-refractivity contribution is 5.19. The Bertz CT molecular complexity index is 323. The number of nitrogens with one attached hydrogen (secondary N) is 1. The van der Waals surface area contributed by atoms with Crippen molar-refractivity contribution in [1.29, 1.82) is 0 Å². The summed E-state index contributed by atoms with van der Waals surface area (Å²) in [4.78, 5) is 2.57. The molecular weight excluding hydrogens is 232 g/mol. The van der Waals surface area contributed by atoms with Crippen LogP contribution in [-0.2, 0) is 0 Å². The third-order valence-corrected chi connectivity index (χ3v) is 3.88. The molecule has 1 rings (SSSR count). The lowest BCUT2D eigenvalue weighted by Gasteiger charge is -2.31. The zero-order chi connectivity index (χ0) is 14.1. The molecule has 2 atom stereocenters. The molecule has 0 heterocycles. The van der Waals surface area contributed by atoms with Gasteiger partial charge in [0.25, 0.3) is 0 Å². The first-order valence-electron chi connectivity index (χ1n) is 7.75. The summed E-state index contributed by atoms with van der Waals surface area (Å²) in [6.07, 6.45) is 2.39. The minimum atomic E-state index is 0.440. The molecule has 2 nitrogen and oxygen atoms in total. The lowest BCUT2D eigenvalue weighted by molar-refractivity contribution is 0.191. The molecule has 2 heteroatoms. The van der Waals surface area contributed by atoms with Gasteiger partial charge in [-0.1, -0.05) is 51.1 Å². The van der Waals surface area contributed by atoms with Crippen molar-refractivity contribution < 1.29 is 0 Å². The number of nitrogens with zero attached hydrogens (tertiary/aromatic N) is 1. The third-order valence-electron chi connectivity index (χ3n) is 3.88. The van der Waals surface area contributed by atoms with Gasteiger partial charge in [0.2, 0.25) is 0 Å². The van der Waals surface area contributed by atoms with E-state index in [0.29, 0.717) is 12.1 Å². The van der Waals surface area contributed by atoms with Gasteiger partial charge in [-0.25, -0.2) is 0 Å². The van der Waals surface area contributed by atoms with E-state index in [1.165, 1.54) is 18.4 Å². The molecule has 0 fully saturated rings. The van der Waals surface area contributed by atoms with Gasteiger partial charge in [0.05, 0.1) is 0 Å². The average molecular weight is 262 g/mol. The minimum Gasteiger partial charge on any atom is -0.309 e. The summed E-state index contributed by atoms with van der Waals surface area (Å²) in [5, 5.41) is 3.69. The molecule has 0 aromatic heterocycles. The molecule has 0 aliphatic heterocycles. The van der Waals surface area contributed by atoms with Gasteiger partial charge in [-0.15, -0.1) is 0 Å². The maximum Gasteiger partial charge on any atom is 0.0449 e. The lowest BCUT2D eigenvalue weighted by atomic mass is 10.0. The van der Waals surface area contributed by atoms with Crippen LogP contribution in [0, 0.1) is 0 Å². The Morgan fingerprint density at radius 3 is 2.32 bits per heavy atom. The van der Waals surface area contributed by atoms with Gasteiger partial charge in [0.1, 0.15) is 0 Å². The Balaban J connectivity index is 2.73. The van der Waals surface area contributed by atoms with Crippen LogP contribution >= 0.6 is 0 Å². The highest BCUT2D eigenvalue weighted by Crippen LogP contribution is 2.16. The van der Waals surface area contributed by atoms with E-state index in [9.17, 15) is 0 Å². The van der Waals surface area contributed by atoms with Crippen LogP contribution in [0.4, 0.5) is 0 Å². The van der Waals surface area contributed by atoms with Crippen molar-refractivity contribution in [3.8, 4) is 0 Å². The predicted molar refractivity (Wildman–Crippen MR) is 84.5 cm³/mol. The molecule has 0 aliphatic rings. The minimum absolute atomic E-state index is 0.440. The van der Waals surface area contributed by atoms with Gasteiger partial charge in [-0.3, -0.25) is 4.90 Å². The van der Waals surface area contributed by atoms with Crippen LogP contribution in [-0.4, -0.2) is 30.6 Å². The molecule has 0 saturated carbocycles. The predicted octanol–water partition coefficient (Wildman–Crippen LogP) is 3.85. The second kappa shape index (κ2) is 9.11. The van der Waals surface area contributed by atoms with Crippen LogP contribution in [0.3, 0.4) is 0 Å². The highest BCUT2D eigenvalue weighted by atomic mass is 15.2. The van der Waals surface area contributed by atoms with Gasteiger partial charge in [-0.2, -0.15) is 0 Å². The number of hydrogen-bond donors (Lipinski definition) is 1. The van der Waals surface area contributed by atoms with Crippen molar-refractivity contribution in [2.45, 2.75) is 52.6 Å². The molecule has 0 radical (unpaired) electrons. The quantitative estimate of drug-likeness (QED) is 0.727. The molecule has 19 heavy (non-hydrogen) atoms. The number of hydrogen-bond acceptors (Lipinski definition) is 2. The fourth-order valence-corrected chi connectivity index (χ4v) is 2.41.